The quantitative estimate of drug-likeness (QED) is 0.826. The topological polar surface area (TPSA) is 35.2 Å². The second-order valence-corrected chi connectivity index (χ2v) is 4.40. The van der Waals surface area contributed by atoms with Crippen LogP contribution in [0.1, 0.15) is 49.4 Å². The van der Waals surface area contributed by atoms with Gasteiger partial charge in [-0.1, -0.05) is 26.0 Å². The number of benzene rings is 1. The van der Waals surface area contributed by atoms with Crippen LogP contribution in [0.15, 0.2) is 12.1 Å². The summed E-state index contributed by atoms with van der Waals surface area (Å²) >= 11 is 0. The zero-order valence-electron chi connectivity index (χ0n) is 10.3. The van der Waals surface area contributed by atoms with Gasteiger partial charge in [0.2, 0.25) is 0 Å². The number of methoxy groups -OCH3 is 1. The molecule has 0 spiro atoms. The lowest BCUT2D eigenvalue weighted by Gasteiger charge is -2.17. The minimum Gasteiger partial charge on any atom is -0.496 e. The first kappa shape index (κ1) is 12.1. The van der Waals surface area contributed by atoms with E-state index in [4.69, 9.17) is 10.5 Å². The van der Waals surface area contributed by atoms with E-state index < -0.39 is 0 Å². The van der Waals surface area contributed by atoms with Crippen molar-refractivity contribution in [2.45, 2.75) is 39.7 Å². The lowest BCUT2D eigenvalue weighted by atomic mass is 9.94. The molecule has 15 heavy (non-hydrogen) atoms. The fourth-order valence-corrected chi connectivity index (χ4v) is 1.80. The van der Waals surface area contributed by atoms with Gasteiger partial charge in [-0.3, -0.25) is 0 Å². The predicted molar refractivity (Wildman–Crippen MR) is 64.4 cm³/mol. The molecule has 0 amide bonds. The molecule has 0 bridgehead atoms. The van der Waals surface area contributed by atoms with Gasteiger partial charge in [-0.05, 0) is 36.5 Å². The summed E-state index contributed by atoms with van der Waals surface area (Å²) < 4.78 is 5.43. The molecule has 1 aromatic rings. The number of hydrogen-bond donors (Lipinski definition) is 1. The smallest absolute Gasteiger partial charge is 0.125 e. The van der Waals surface area contributed by atoms with Crippen LogP contribution in [0.4, 0.5) is 0 Å². The van der Waals surface area contributed by atoms with E-state index in [1.165, 1.54) is 11.1 Å². The van der Waals surface area contributed by atoms with E-state index in [2.05, 4.69) is 32.9 Å². The van der Waals surface area contributed by atoms with Gasteiger partial charge in [-0.25, -0.2) is 0 Å². The summed E-state index contributed by atoms with van der Waals surface area (Å²) in [5, 5.41) is 0. The lowest BCUT2D eigenvalue weighted by molar-refractivity contribution is 0.404. The van der Waals surface area contributed by atoms with Crippen molar-refractivity contribution in [3.63, 3.8) is 0 Å². The van der Waals surface area contributed by atoms with E-state index in [-0.39, 0.29) is 6.04 Å². The Hall–Kier alpha value is -1.02. The SMILES string of the molecule is COc1c(C)cc(C(C)N)cc1C(C)C. The minimum atomic E-state index is 0.0760. The van der Waals surface area contributed by atoms with Crippen molar-refractivity contribution in [1.29, 1.82) is 0 Å². The average molecular weight is 207 g/mol. The molecule has 0 aliphatic carbocycles. The standard InChI is InChI=1S/C13H21NO/c1-8(2)12-7-11(10(4)14)6-9(3)13(12)15-5/h6-8,10H,14H2,1-5H3. The third-order valence-electron chi connectivity index (χ3n) is 2.68. The molecule has 0 saturated carbocycles. The van der Waals surface area contributed by atoms with Crippen LogP contribution in [-0.4, -0.2) is 7.11 Å². The van der Waals surface area contributed by atoms with Gasteiger partial charge in [-0.2, -0.15) is 0 Å². The van der Waals surface area contributed by atoms with Gasteiger partial charge in [0, 0.05) is 6.04 Å². The molecule has 0 aliphatic rings. The van der Waals surface area contributed by atoms with Gasteiger partial charge >= 0.3 is 0 Å². The van der Waals surface area contributed by atoms with Gasteiger partial charge in [-0.15, -0.1) is 0 Å². The zero-order valence-corrected chi connectivity index (χ0v) is 10.3. The van der Waals surface area contributed by atoms with Crippen molar-refractivity contribution in [3.8, 4) is 5.75 Å². The van der Waals surface area contributed by atoms with E-state index in [9.17, 15) is 0 Å². The molecule has 84 valence electrons. The summed E-state index contributed by atoms with van der Waals surface area (Å²) in [6.45, 7) is 8.41. The Morgan fingerprint density at radius 1 is 1.20 bits per heavy atom. The first-order valence-corrected chi connectivity index (χ1v) is 5.41. The zero-order chi connectivity index (χ0) is 11.6. The second-order valence-electron chi connectivity index (χ2n) is 4.40. The molecule has 0 radical (unpaired) electrons. The number of rotatable bonds is 3. The highest BCUT2D eigenvalue weighted by Gasteiger charge is 2.13. The Morgan fingerprint density at radius 3 is 2.20 bits per heavy atom. The van der Waals surface area contributed by atoms with Gasteiger partial charge in [0.15, 0.2) is 0 Å². The van der Waals surface area contributed by atoms with Crippen molar-refractivity contribution in [1.82, 2.24) is 0 Å². The maximum absolute atomic E-state index is 5.90. The van der Waals surface area contributed by atoms with E-state index >= 15 is 0 Å². The van der Waals surface area contributed by atoms with Crippen LogP contribution in [0.5, 0.6) is 5.75 Å². The van der Waals surface area contributed by atoms with Crippen molar-refractivity contribution in [2.75, 3.05) is 7.11 Å². The summed E-state index contributed by atoms with van der Waals surface area (Å²) in [6.07, 6.45) is 0. The summed E-state index contributed by atoms with van der Waals surface area (Å²) in [4.78, 5) is 0. The highest BCUT2D eigenvalue weighted by Crippen LogP contribution is 2.32. The van der Waals surface area contributed by atoms with Crippen molar-refractivity contribution < 1.29 is 4.74 Å². The molecule has 1 rings (SSSR count). The molecule has 0 aliphatic heterocycles. The Balaban J connectivity index is 3.32. The molecular weight excluding hydrogens is 186 g/mol. The Kier molecular flexibility index (Phi) is 3.75. The summed E-state index contributed by atoms with van der Waals surface area (Å²) in [5.41, 5.74) is 9.48. The summed E-state index contributed by atoms with van der Waals surface area (Å²) in [7, 11) is 1.72. The van der Waals surface area contributed by atoms with Gasteiger partial charge in [0.05, 0.1) is 7.11 Å². The third-order valence-corrected chi connectivity index (χ3v) is 2.68. The van der Waals surface area contributed by atoms with E-state index in [1.54, 1.807) is 7.11 Å². The predicted octanol–water partition coefficient (Wildman–Crippen LogP) is 3.15. The average Bonchev–Trinajstić information content (AvgIpc) is 2.16. The highest BCUT2D eigenvalue weighted by molar-refractivity contribution is 5.46. The monoisotopic (exact) mass is 207 g/mol. The maximum Gasteiger partial charge on any atom is 0.125 e. The number of ether oxygens (including phenoxy) is 1. The largest absolute Gasteiger partial charge is 0.496 e. The molecule has 0 aromatic heterocycles. The molecule has 1 aromatic carbocycles. The van der Waals surface area contributed by atoms with Crippen LogP contribution in [0, 0.1) is 6.92 Å². The van der Waals surface area contributed by atoms with Crippen LogP contribution in [-0.2, 0) is 0 Å². The van der Waals surface area contributed by atoms with Crippen LogP contribution in [0.25, 0.3) is 0 Å². The van der Waals surface area contributed by atoms with Crippen molar-refractivity contribution in [2.24, 2.45) is 5.73 Å². The van der Waals surface area contributed by atoms with Gasteiger partial charge in [0.25, 0.3) is 0 Å². The normalized spacial score (nSPS) is 13.0. The fraction of sp³-hybridized carbons (Fsp3) is 0.538. The molecule has 2 heteroatoms. The van der Waals surface area contributed by atoms with E-state index in [0.29, 0.717) is 5.92 Å². The number of aryl methyl sites for hydroxylation is 1. The molecule has 0 heterocycles. The minimum absolute atomic E-state index is 0.0760. The number of nitrogens with two attached hydrogens (primary N) is 1. The third kappa shape index (κ3) is 2.51. The van der Waals surface area contributed by atoms with E-state index in [1.807, 2.05) is 6.92 Å². The first-order chi connectivity index (χ1) is 6.97. The van der Waals surface area contributed by atoms with Crippen LogP contribution < -0.4 is 10.5 Å². The van der Waals surface area contributed by atoms with Crippen LogP contribution in [0.3, 0.4) is 0 Å². The van der Waals surface area contributed by atoms with E-state index in [0.717, 1.165) is 11.3 Å². The van der Waals surface area contributed by atoms with Crippen molar-refractivity contribution >= 4 is 0 Å². The van der Waals surface area contributed by atoms with Crippen LogP contribution in [0.2, 0.25) is 0 Å². The molecule has 2 nitrogen and oxygen atoms in total. The molecule has 0 saturated heterocycles. The lowest BCUT2D eigenvalue weighted by Crippen LogP contribution is -2.07. The van der Waals surface area contributed by atoms with Gasteiger partial charge in [0.1, 0.15) is 5.75 Å². The Morgan fingerprint density at radius 2 is 1.80 bits per heavy atom. The molecule has 0 fully saturated rings. The van der Waals surface area contributed by atoms with Gasteiger partial charge < -0.3 is 10.5 Å². The summed E-state index contributed by atoms with van der Waals surface area (Å²) in [6, 6.07) is 4.34. The summed E-state index contributed by atoms with van der Waals surface area (Å²) in [5.74, 6) is 1.45. The molecular formula is C13H21NO. The van der Waals surface area contributed by atoms with Crippen molar-refractivity contribution in [3.05, 3.63) is 28.8 Å². The highest BCUT2D eigenvalue weighted by atomic mass is 16.5. The fourth-order valence-electron chi connectivity index (χ4n) is 1.80. The molecule has 1 atom stereocenters. The maximum atomic E-state index is 5.90. The second kappa shape index (κ2) is 4.67. The first-order valence-electron chi connectivity index (χ1n) is 5.41. The molecule has 1 unspecified atom stereocenters. The Labute approximate surface area is 92.4 Å². The number of hydrogen-bond acceptors (Lipinski definition) is 2. The molecule has 2 N–H and O–H groups in total. The Bertz CT molecular complexity index is 343. The van der Waals surface area contributed by atoms with Crippen LogP contribution >= 0.6 is 0 Å².